The maximum Gasteiger partial charge on any atom is 0.231 e. The normalized spacial score (nSPS) is 22.2. The predicted octanol–water partition coefficient (Wildman–Crippen LogP) is 3.01. The molecule has 0 N–H and O–H groups in total. The summed E-state index contributed by atoms with van der Waals surface area (Å²) in [5.41, 5.74) is 0.381. The molecule has 0 spiro atoms. The van der Waals surface area contributed by atoms with E-state index < -0.39 is 5.60 Å². The van der Waals surface area contributed by atoms with E-state index >= 15 is 0 Å². The molecule has 2 fully saturated rings. The van der Waals surface area contributed by atoms with Gasteiger partial charge in [-0.1, -0.05) is 17.3 Å². The summed E-state index contributed by atoms with van der Waals surface area (Å²) in [5.74, 6) is 1.98. The summed E-state index contributed by atoms with van der Waals surface area (Å²) in [6, 6.07) is 7.54. The van der Waals surface area contributed by atoms with Gasteiger partial charge in [-0.3, -0.25) is 4.79 Å². The second-order valence-corrected chi connectivity index (χ2v) is 6.92. The molecular weight excluding hydrogens is 334 g/mol. The van der Waals surface area contributed by atoms with Crippen LogP contribution in [0.1, 0.15) is 49.7 Å². The molecule has 1 amide bonds. The zero-order valence-corrected chi connectivity index (χ0v) is 15.1. The van der Waals surface area contributed by atoms with Crippen LogP contribution in [0.4, 0.5) is 5.69 Å². The van der Waals surface area contributed by atoms with E-state index in [-0.39, 0.29) is 11.8 Å². The molecule has 4 rings (SSSR count). The van der Waals surface area contributed by atoms with Crippen molar-refractivity contribution < 1.29 is 18.8 Å². The lowest BCUT2D eigenvalue weighted by molar-refractivity contribution is -0.119. The first-order chi connectivity index (χ1) is 12.7. The molecule has 26 heavy (non-hydrogen) atoms. The van der Waals surface area contributed by atoms with Crippen LogP contribution in [0.2, 0.25) is 0 Å². The van der Waals surface area contributed by atoms with Crippen molar-refractivity contribution in [2.24, 2.45) is 0 Å². The van der Waals surface area contributed by atoms with Gasteiger partial charge in [0, 0.05) is 20.1 Å². The van der Waals surface area contributed by atoms with E-state index in [1.54, 1.807) is 19.1 Å². The summed E-state index contributed by atoms with van der Waals surface area (Å²) in [5, 5.41) is 4.17. The maximum absolute atomic E-state index is 12.5. The number of piperidine rings is 1. The number of carbonyl (C=O) groups excluding carboxylic acids is 1. The summed E-state index contributed by atoms with van der Waals surface area (Å²) >= 11 is 0. The Balaban J connectivity index is 1.57. The molecule has 2 aliphatic rings. The van der Waals surface area contributed by atoms with Crippen LogP contribution in [0, 0.1) is 0 Å². The zero-order valence-electron chi connectivity index (χ0n) is 15.1. The summed E-state index contributed by atoms with van der Waals surface area (Å²) in [4.78, 5) is 18.9. The van der Waals surface area contributed by atoms with Gasteiger partial charge in [0.05, 0.1) is 18.7 Å². The molecule has 7 nitrogen and oxygen atoms in total. The molecule has 2 aromatic rings. The van der Waals surface area contributed by atoms with Crippen LogP contribution in [-0.4, -0.2) is 36.8 Å². The number of amides is 1. The third-order valence-corrected chi connectivity index (χ3v) is 5.54. The lowest BCUT2D eigenvalue weighted by Crippen LogP contribution is -2.39. The van der Waals surface area contributed by atoms with Crippen molar-refractivity contribution in [3.8, 4) is 5.75 Å². The Hall–Kier alpha value is -2.41. The Bertz CT molecular complexity index is 794. The highest BCUT2D eigenvalue weighted by atomic mass is 16.5. The summed E-state index contributed by atoms with van der Waals surface area (Å²) in [7, 11) is 3.30. The average molecular weight is 357 g/mol. The fourth-order valence-corrected chi connectivity index (χ4v) is 3.74. The van der Waals surface area contributed by atoms with Gasteiger partial charge in [0.25, 0.3) is 0 Å². The van der Waals surface area contributed by atoms with Crippen molar-refractivity contribution >= 4 is 11.6 Å². The number of aromatic nitrogens is 2. The molecule has 0 radical (unpaired) electrons. The van der Waals surface area contributed by atoms with E-state index in [4.69, 9.17) is 14.0 Å². The van der Waals surface area contributed by atoms with Crippen LogP contribution < -0.4 is 9.64 Å². The van der Waals surface area contributed by atoms with Crippen LogP contribution in [0.15, 0.2) is 28.8 Å². The number of hydrogen-bond acceptors (Lipinski definition) is 6. The first kappa shape index (κ1) is 17.0. The van der Waals surface area contributed by atoms with Gasteiger partial charge in [-0.15, -0.1) is 0 Å². The van der Waals surface area contributed by atoms with E-state index in [2.05, 4.69) is 10.1 Å². The maximum atomic E-state index is 12.5. The molecule has 1 aromatic carbocycles. The Morgan fingerprint density at radius 1 is 1.27 bits per heavy atom. The van der Waals surface area contributed by atoms with Gasteiger partial charge in [-0.25, -0.2) is 0 Å². The number of para-hydroxylation sites is 2. The zero-order chi connectivity index (χ0) is 18.1. The molecule has 0 bridgehead atoms. The number of methoxy groups -OCH3 is 2. The monoisotopic (exact) mass is 357 g/mol. The fraction of sp³-hybridized carbons (Fsp3) is 0.526. The first-order valence-electron chi connectivity index (χ1n) is 8.99. The van der Waals surface area contributed by atoms with Crippen molar-refractivity contribution in [2.75, 3.05) is 25.7 Å². The minimum absolute atomic E-state index is 0.00726. The molecule has 138 valence electrons. The van der Waals surface area contributed by atoms with E-state index in [1.807, 2.05) is 24.3 Å². The Labute approximate surface area is 152 Å². The van der Waals surface area contributed by atoms with E-state index in [0.29, 0.717) is 36.9 Å². The molecule has 1 aliphatic heterocycles. The number of rotatable bonds is 5. The third kappa shape index (κ3) is 2.76. The van der Waals surface area contributed by atoms with E-state index in [1.165, 1.54) is 0 Å². The first-order valence-corrected chi connectivity index (χ1v) is 8.99. The molecule has 7 heteroatoms. The Morgan fingerprint density at radius 3 is 2.77 bits per heavy atom. The van der Waals surface area contributed by atoms with Crippen LogP contribution in [-0.2, 0) is 15.1 Å². The predicted molar refractivity (Wildman–Crippen MR) is 94.2 cm³/mol. The number of hydrogen-bond donors (Lipinski definition) is 0. The highest BCUT2D eigenvalue weighted by Gasteiger charge is 2.44. The topological polar surface area (TPSA) is 77.7 Å². The molecular formula is C19H23N3O4. The number of ether oxygens (including phenoxy) is 2. The molecule has 1 saturated heterocycles. The standard InChI is InChI=1S/C19H23N3O4/c1-24-15-7-4-3-6-14(15)22-12-13(8-9-16(22)23)17-20-18(21-26-17)19(25-2)10-5-11-19/h3-4,6-7,13H,5,8-12H2,1-2H3. The lowest BCUT2D eigenvalue weighted by Gasteiger charge is -2.37. The summed E-state index contributed by atoms with van der Waals surface area (Å²) in [6.07, 6.45) is 4.08. The SMILES string of the molecule is COc1ccccc1N1CC(c2nc(C3(OC)CCC3)no2)CCC1=O. The summed E-state index contributed by atoms with van der Waals surface area (Å²) < 4.78 is 16.6. The van der Waals surface area contributed by atoms with E-state index in [0.717, 1.165) is 24.9 Å². The Kier molecular flexibility index (Phi) is 4.40. The minimum atomic E-state index is -0.394. The van der Waals surface area contributed by atoms with Crippen molar-refractivity contribution in [3.63, 3.8) is 0 Å². The third-order valence-electron chi connectivity index (χ3n) is 5.54. The molecule has 1 saturated carbocycles. The number of carbonyl (C=O) groups is 1. The van der Waals surface area contributed by atoms with Gasteiger partial charge < -0.3 is 18.9 Å². The van der Waals surface area contributed by atoms with Gasteiger partial charge in [0.15, 0.2) is 0 Å². The molecule has 1 atom stereocenters. The number of anilines is 1. The van der Waals surface area contributed by atoms with Crippen LogP contribution >= 0.6 is 0 Å². The van der Waals surface area contributed by atoms with Crippen molar-refractivity contribution in [1.29, 1.82) is 0 Å². The number of benzene rings is 1. The van der Waals surface area contributed by atoms with Crippen molar-refractivity contribution in [3.05, 3.63) is 36.0 Å². The molecule has 1 unspecified atom stereocenters. The van der Waals surface area contributed by atoms with Gasteiger partial charge >= 0.3 is 0 Å². The largest absolute Gasteiger partial charge is 0.495 e. The van der Waals surface area contributed by atoms with Crippen molar-refractivity contribution in [1.82, 2.24) is 10.1 Å². The molecule has 1 aliphatic carbocycles. The summed E-state index contributed by atoms with van der Waals surface area (Å²) in [6.45, 7) is 0.501. The average Bonchev–Trinajstić information content (AvgIpc) is 3.12. The fourth-order valence-electron chi connectivity index (χ4n) is 3.74. The van der Waals surface area contributed by atoms with Gasteiger partial charge in [-0.2, -0.15) is 4.98 Å². The van der Waals surface area contributed by atoms with Crippen LogP contribution in [0.3, 0.4) is 0 Å². The highest BCUT2D eigenvalue weighted by Crippen LogP contribution is 2.43. The van der Waals surface area contributed by atoms with Crippen LogP contribution in [0.5, 0.6) is 5.75 Å². The van der Waals surface area contributed by atoms with Gasteiger partial charge in [0.1, 0.15) is 11.4 Å². The second-order valence-electron chi connectivity index (χ2n) is 6.92. The smallest absolute Gasteiger partial charge is 0.231 e. The lowest BCUT2D eigenvalue weighted by atomic mass is 9.79. The van der Waals surface area contributed by atoms with Gasteiger partial charge in [0.2, 0.25) is 17.6 Å². The quantitative estimate of drug-likeness (QED) is 0.818. The van der Waals surface area contributed by atoms with Crippen LogP contribution in [0.25, 0.3) is 0 Å². The number of nitrogens with zero attached hydrogens (tertiary/aromatic N) is 3. The van der Waals surface area contributed by atoms with Crippen molar-refractivity contribution in [2.45, 2.75) is 43.6 Å². The molecule has 2 heterocycles. The molecule has 1 aromatic heterocycles. The minimum Gasteiger partial charge on any atom is -0.495 e. The second kappa shape index (κ2) is 6.72. The highest BCUT2D eigenvalue weighted by molar-refractivity contribution is 5.95. The Morgan fingerprint density at radius 2 is 2.08 bits per heavy atom. The van der Waals surface area contributed by atoms with Gasteiger partial charge in [-0.05, 0) is 37.8 Å². The van der Waals surface area contributed by atoms with E-state index in [9.17, 15) is 4.79 Å².